The molecule has 22 heavy (non-hydrogen) atoms. The van der Waals surface area contributed by atoms with Gasteiger partial charge in [-0.3, -0.25) is 0 Å². The third-order valence-corrected chi connectivity index (χ3v) is 3.65. The van der Waals surface area contributed by atoms with E-state index < -0.39 is 0 Å². The molecule has 0 aliphatic heterocycles. The Bertz CT molecular complexity index is 907. The summed E-state index contributed by atoms with van der Waals surface area (Å²) >= 11 is 0. The molecule has 0 aliphatic rings. The van der Waals surface area contributed by atoms with Gasteiger partial charge in [0, 0.05) is 14.1 Å². The molecule has 0 bridgehead atoms. The molecule has 0 aliphatic carbocycles. The van der Waals surface area contributed by atoms with Crippen molar-refractivity contribution in [3.63, 3.8) is 0 Å². The maximum Gasteiger partial charge on any atom is 0.135 e. The van der Waals surface area contributed by atoms with Crippen molar-refractivity contribution >= 4 is 22.1 Å². The number of benzene rings is 2. The van der Waals surface area contributed by atoms with Gasteiger partial charge in [-0.2, -0.15) is 0 Å². The second-order valence-corrected chi connectivity index (χ2v) is 5.08. The lowest BCUT2D eigenvalue weighted by molar-refractivity contribution is 0.268. The van der Waals surface area contributed by atoms with Gasteiger partial charge in [0.1, 0.15) is 12.4 Å². The van der Waals surface area contributed by atoms with Crippen LogP contribution < -0.4 is 0 Å². The number of hydrogen-bond donors (Lipinski definition) is 1. The largest absolute Gasteiger partial charge is 0.388 e. The summed E-state index contributed by atoms with van der Waals surface area (Å²) in [5.41, 5.74) is 4.23. The van der Waals surface area contributed by atoms with Crippen molar-refractivity contribution in [2.24, 2.45) is 14.1 Å². The minimum atomic E-state index is -0.00875. The molecule has 5 nitrogen and oxygen atoms in total. The number of aryl methyl sites for hydroxylation is 2. The Morgan fingerprint density at radius 1 is 0.909 bits per heavy atom. The molecule has 0 saturated carbocycles. The first-order chi connectivity index (χ1) is 10.7. The molecular formula is C17H18N4O. The van der Waals surface area contributed by atoms with Crippen LogP contribution in [0.3, 0.4) is 0 Å². The Balaban J connectivity index is 0.000000133. The lowest BCUT2D eigenvalue weighted by atomic mass is 10.3. The molecule has 2 aromatic carbocycles. The minimum Gasteiger partial charge on any atom is -0.388 e. The van der Waals surface area contributed by atoms with Crippen molar-refractivity contribution in [1.29, 1.82) is 0 Å². The van der Waals surface area contributed by atoms with Gasteiger partial charge < -0.3 is 14.2 Å². The average Bonchev–Trinajstić information content (AvgIpc) is 3.10. The highest BCUT2D eigenvalue weighted by molar-refractivity contribution is 5.75. The SMILES string of the molecule is Cn1c(CO)nc2ccccc21.Cn1cnc2ccccc21. The van der Waals surface area contributed by atoms with E-state index in [1.807, 2.05) is 72.0 Å². The van der Waals surface area contributed by atoms with Crippen LogP contribution in [0.5, 0.6) is 0 Å². The van der Waals surface area contributed by atoms with Crippen LogP contribution in [0.2, 0.25) is 0 Å². The Labute approximate surface area is 128 Å². The zero-order valence-corrected chi connectivity index (χ0v) is 12.6. The first kappa shape index (κ1) is 14.3. The summed E-state index contributed by atoms with van der Waals surface area (Å²) in [4.78, 5) is 8.42. The van der Waals surface area contributed by atoms with Crippen molar-refractivity contribution in [2.45, 2.75) is 6.61 Å². The standard InChI is InChI=1S/C9H10N2O.C8H8N2/c1-11-8-5-3-2-4-7(8)10-9(11)6-12;1-10-6-9-7-4-2-3-5-8(7)10/h2-5,12H,6H2,1H3;2-6H,1H3. The van der Waals surface area contributed by atoms with Crippen LogP contribution >= 0.6 is 0 Å². The zero-order chi connectivity index (χ0) is 15.5. The molecule has 0 amide bonds. The van der Waals surface area contributed by atoms with Gasteiger partial charge in [0.15, 0.2) is 0 Å². The maximum absolute atomic E-state index is 8.94. The van der Waals surface area contributed by atoms with Crippen LogP contribution in [0.4, 0.5) is 0 Å². The van der Waals surface area contributed by atoms with E-state index in [1.54, 1.807) is 0 Å². The average molecular weight is 294 g/mol. The van der Waals surface area contributed by atoms with Gasteiger partial charge in [0.25, 0.3) is 0 Å². The van der Waals surface area contributed by atoms with E-state index >= 15 is 0 Å². The summed E-state index contributed by atoms with van der Waals surface area (Å²) in [7, 11) is 3.90. The molecule has 0 atom stereocenters. The molecular weight excluding hydrogens is 276 g/mol. The lowest BCUT2D eigenvalue weighted by Gasteiger charge is -1.96. The number of hydrogen-bond acceptors (Lipinski definition) is 3. The summed E-state index contributed by atoms with van der Waals surface area (Å²) in [5.74, 6) is 0.705. The maximum atomic E-state index is 8.94. The Hall–Kier alpha value is -2.66. The van der Waals surface area contributed by atoms with Crippen LogP contribution in [0.15, 0.2) is 54.9 Å². The van der Waals surface area contributed by atoms with Gasteiger partial charge in [-0.15, -0.1) is 0 Å². The van der Waals surface area contributed by atoms with Gasteiger partial charge in [0.2, 0.25) is 0 Å². The zero-order valence-electron chi connectivity index (χ0n) is 12.6. The van der Waals surface area contributed by atoms with E-state index in [9.17, 15) is 0 Å². The van der Waals surface area contributed by atoms with Crippen LogP contribution in [0.25, 0.3) is 22.1 Å². The van der Waals surface area contributed by atoms with Crippen molar-refractivity contribution in [1.82, 2.24) is 19.1 Å². The van der Waals surface area contributed by atoms with Crippen molar-refractivity contribution < 1.29 is 5.11 Å². The summed E-state index contributed by atoms with van der Waals surface area (Å²) in [6.07, 6.45) is 1.82. The van der Waals surface area contributed by atoms with Crippen molar-refractivity contribution in [2.75, 3.05) is 0 Å². The summed E-state index contributed by atoms with van der Waals surface area (Å²) in [6.45, 7) is -0.00875. The van der Waals surface area contributed by atoms with Gasteiger partial charge in [-0.25, -0.2) is 9.97 Å². The second kappa shape index (κ2) is 5.99. The topological polar surface area (TPSA) is 55.9 Å². The number of imidazole rings is 2. The predicted octanol–water partition coefficient (Wildman–Crippen LogP) is 2.64. The molecule has 0 fully saturated rings. The van der Waals surface area contributed by atoms with Crippen LogP contribution in [-0.2, 0) is 20.7 Å². The molecule has 2 heterocycles. The molecule has 2 aromatic heterocycles. The third-order valence-electron chi connectivity index (χ3n) is 3.65. The number of rotatable bonds is 1. The van der Waals surface area contributed by atoms with Gasteiger partial charge in [-0.05, 0) is 24.3 Å². The van der Waals surface area contributed by atoms with Gasteiger partial charge in [-0.1, -0.05) is 24.3 Å². The molecule has 0 saturated heterocycles. The number of aromatic nitrogens is 4. The van der Waals surface area contributed by atoms with Gasteiger partial charge in [0.05, 0.1) is 28.4 Å². The van der Waals surface area contributed by atoms with Crippen molar-refractivity contribution in [3.8, 4) is 0 Å². The fourth-order valence-electron chi connectivity index (χ4n) is 2.42. The second-order valence-electron chi connectivity index (χ2n) is 5.08. The monoisotopic (exact) mass is 294 g/mol. The molecule has 0 spiro atoms. The highest BCUT2D eigenvalue weighted by Crippen LogP contribution is 2.13. The number of aliphatic hydroxyl groups excluding tert-OH is 1. The molecule has 0 radical (unpaired) electrons. The predicted molar refractivity (Wildman–Crippen MR) is 87.4 cm³/mol. The normalized spacial score (nSPS) is 10.7. The summed E-state index contributed by atoms with van der Waals surface area (Å²) < 4.78 is 3.91. The minimum absolute atomic E-state index is 0.00875. The first-order valence-corrected chi connectivity index (χ1v) is 7.08. The van der Waals surface area contributed by atoms with E-state index in [-0.39, 0.29) is 6.61 Å². The lowest BCUT2D eigenvalue weighted by Crippen LogP contribution is -1.96. The fourth-order valence-corrected chi connectivity index (χ4v) is 2.42. The van der Waals surface area contributed by atoms with E-state index in [4.69, 9.17) is 5.11 Å². The molecule has 0 unspecified atom stereocenters. The highest BCUT2D eigenvalue weighted by atomic mass is 16.3. The van der Waals surface area contributed by atoms with Gasteiger partial charge >= 0.3 is 0 Å². The number of fused-ring (bicyclic) bond motifs is 2. The van der Waals surface area contributed by atoms with E-state index in [0.29, 0.717) is 5.82 Å². The van der Waals surface area contributed by atoms with E-state index in [1.165, 1.54) is 5.52 Å². The Morgan fingerprint density at radius 2 is 1.55 bits per heavy atom. The van der Waals surface area contributed by atoms with Crippen LogP contribution in [0, 0.1) is 0 Å². The molecule has 5 heteroatoms. The molecule has 4 rings (SSSR count). The Kier molecular flexibility index (Phi) is 3.89. The quantitative estimate of drug-likeness (QED) is 0.587. The highest BCUT2D eigenvalue weighted by Gasteiger charge is 2.03. The first-order valence-electron chi connectivity index (χ1n) is 7.08. The Morgan fingerprint density at radius 3 is 2.18 bits per heavy atom. The number of para-hydroxylation sites is 4. The van der Waals surface area contributed by atoms with Crippen LogP contribution in [-0.4, -0.2) is 24.2 Å². The van der Waals surface area contributed by atoms with E-state index in [0.717, 1.165) is 16.6 Å². The van der Waals surface area contributed by atoms with E-state index in [2.05, 4.69) is 16.0 Å². The van der Waals surface area contributed by atoms with Crippen LogP contribution in [0.1, 0.15) is 5.82 Å². The smallest absolute Gasteiger partial charge is 0.135 e. The molecule has 4 aromatic rings. The molecule has 1 N–H and O–H groups in total. The van der Waals surface area contributed by atoms with Crippen molar-refractivity contribution in [3.05, 3.63) is 60.7 Å². The fraction of sp³-hybridized carbons (Fsp3) is 0.176. The number of aliphatic hydroxyl groups is 1. The summed E-state index contributed by atoms with van der Waals surface area (Å²) in [6, 6.07) is 15.9. The number of nitrogens with zero attached hydrogens (tertiary/aromatic N) is 4. The molecule has 112 valence electrons. The summed E-state index contributed by atoms with van der Waals surface area (Å²) in [5, 5.41) is 8.94. The third kappa shape index (κ3) is 2.58.